The van der Waals surface area contributed by atoms with Crippen molar-refractivity contribution >= 4 is 15.9 Å². The van der Waals surface area contributed by atoms with E-state index in [9.17, 15) is 0 Å². The minimum absolute atomic E-state index is 0.364. The highest BCUT2D eigenvalue weighted by molar-refractivity contribution is 9.10. The van der Waals surface area contributed by atoms with Crippen LogP contribution in [0.5, 0.6) is 0 Å². The first kappa shape index (κ1) is 14.7. The second-order valence-electron chi connectivity index (χ2n) is 5.72. The van der Waals surface area contributed by atoms with E-state index in [1.54, 1.807) is 0 Å². The maximum atomic E-state index is 4.65. The second kappa shape index (κ2) is 6.24. The van der Waals surface area contributed by atoms with Gasteiger partial charge in [-0.2, -0.15) is 0 Å². The van der Waals surface area contributed by atoms with E-state index in [2.05, 4.69) is 63.0 Å². The molecule has 0 aromatic carbocycles. The van der Waals surface area contributed by atoms with Crippen LogP contribution in [0, 0.1) is 6.92 Å². The highest BCUT2D eigenvalue weighted by atomic mass is 79.9. The van der Waals surface area contributed by atoms with Crippen LogP contribution in [-0.4, -0.2) is 21.9 Å². The summed E-state index contributed by atoms with van der Waals surface area (Å²) >= 11 is 3.48. The Balaban J connectivity index is 1.90. The molecule has 0 saturated carbocycles. The summed E-state index contributed by atoms with van der Waals surface area (Å²) in [6, 6.07) is 11.1. The van der Waals surface area contributed by atoms with Crippen LogP contribution >= 0.6 is 15.9 Å². The van der Waals surface area contributed by atoms with Gasteiger partial charge in [-0.1, -0.05) is 12.1 Å². The molecule has 1 aliphatic rings. The Kier molecular flexibility index (Phi) is 4.36. The number of aryl methyl sites for hydroxylation is 1. The fourth-order valence-electron chi connectivity index (χ4n) is 3.27. The summed E-state index contributed by atoms with van der Waals surface area (Å²) in [5, 5.41) is 0. The lowest BCUT2D eigenvalue weighted by Crippen LogP contribution is -2.34. The number of nitrogens with zero attached hydrogens (tertiary/aromatic N) is 3. The Morgan fingerprint density at radius 1 is 1.14 bits per heavy atom. The molecule has 0 amide bonds. The molecule has 0 N–H and O–H groups in total. The quantitative estimate of drug-likeness (QED) is 0.753. The van der Waals surface area contributed by atoms with E-state index in [1.165, 1.54) is 24.1 Å². The topological polar surface area (TPSA) is 29.0 Å². The van der Waals surface area contributed by atoms with Crippen molar-refractivity contribution in [3.63, 3.8) is 0 Å². The lowest BCUT2D eigenvalue weighted by Gasteiger charge is -2.39. The number of hydrogen-bond donors (Lipinski definition) is 0. The molecule has 0 bridgehead atoms. The first-order valence-corrected chi connectivity index (χ1v) is 8.22. The van der Waals surface area contributed by atoms with Crippen molar-refractivity contribution in [3.8, 4) is 0 Å². The molecule has 2 unspecified atom stereocenters. The van der Waals surface area contributed by atoms with Gasteiger partial charge in [-0.15, -0.1) is 0 Å². The standard InChI is InChI=1S/C17H20BrN3/c1-12-6-5-11-19-17(12)15-9-4-8-14(21(15)2)13-7-3-10-16(18)20-13/h3,5-7,10-11,14-15H,4,8-9H2,1-2H3. The Labute approximate surface area is 134 Å². The summed E-state index contributed by atoms with van der Waals surface area (Å²) in [5.41, 5.74) is 3.63. The lowest BCUT2D eigenvalue weighted by atomic mass is 9.90. The van der Waals surface area contributed by atoms with Gasteiger partial charge < -0.3 is 0 Å². The molecule has 1 fully saturated rings. The number of likely N-dealkylation sites (tertiary alicyclic amines) is 1. The summed E-state index contributed by atoms with van der Waals surface area (Å²) in [6.07, 6.45) is 5.43. The van der Waals surface area contributed by atoms with Crippen LogP contribution in [-0.2, 0) is 0 Å². The van der Waals surface area contributed by atoms with Crippen molar-refractivity contribution in [2.24, 2.45) is 0 Å². The fraction of sp³-hybridized carbons (Fsp3) is 0.412. The van der Waals surface area contributed by atoms with Gasteiger partial charge in [0.05, 0.1) is 23.5 Å². The maximum absolute atomic E-state index is 4.65. The summed E-state index contributed by atoms with van der Waals surface area (Å²) in [4.78, 5) is 11.7. The molecular formula is C17H20BrN3. The Bertz CT molecular complexity index is 629. The monoisotopic (exact) mass is 345 g/mol. The fourth-order valence-corrected chi connectivity index (χ4v) is 3.63. The molecule has 0 spiro atoms. The van der Waals surface area contributed by atoms with Gasteiger partial charge in [-0.05, 0) is 72.9 Å². The van der Waals surface area contributed by atoms with Crippen LogP contribution in [0.2, 0.25) is 0 Å². The van der Waals surface area contributed by atoms with Gasteiger partial charge in [0.2, 0.25) is 0 Å². The first-order chi connectivity index (χ1) is 10.2. The van der Waals surface area contributed by atoms with Crippen LogP contribution in [0.3, 0.4) is 0 Å². The van der Waals surface area contributed by atoms with E-state index in [-0.39, 0.29) is 0 Å². The Hall–Kier alpha value is -1.26. The van der Waals surface area contributed by atoms with Crippen molar-refractivity contribution < 1.29 is 0 Å². The molecule has 2 aromatic rings. The molecule has 2 atom stereocenters. The zero-order valence-electron chi connectivity index (χ0n) is 12.5. The number of rotatable bonds is 2. The summed E-state index contributed by atoms with van der Waals surface area (Å²) in [6.45, 7) is 2.15. The molecule has 0 aliphatic carbocycles. The van der Waals surface area contributed by atoms with E-state index >= 15 is 0 Å². The second-order valence-corrected chi connectivity index (χ2v) is 6.53. The van der Waals surface area contributed by atoms with E-state index in [0.717, 1.165) is 16.7 Å². The molecule has 1 saturated heterocycles. The number of piperidine rings is 1. The number of aromatic nitrogens is 2. The number of pyridine rings is 2. The third kappa shape index (κ3) is 3.01. The van der Waals surface area contributed by atoms with E-state index < -0.39 is 0 Å². The SMILES string of the molecule is Cc1cccnc1C1CCCC(c2cccc(Br)n2)N1C. The van der Waals surface area contributed by atoms with Crippen LogP contribution in [0.15, 0.2) is 41.1 Å². The van der Waals surface area contributed by atoms with Crippen molar-refractivity contribution in [2.75, 3.05) is 7.05 Å². The minimum Gasteiger partial charge on any atom is -0.289 e. The van der Waals surface area contributed by atoms with Gasteiger partial charge in [0, 0.05) is 6.20 Å². The van der Waals surface area contributed by atoms with Gasteiger partial charge >= 0.3 is 0 Å². The molecule has 3 rings (SSSR count). The molecule has 4 heteroatoms. The normalized spacial score (nSPS) is 23.2. The maximum Gasteiger partial charge on any atom is 0.106 e. The van der Waals surface area contributed by atoms with Crippen LogP contribution in [0.4, 0.5) is 0 Å². The van der Waals surface area contributed by atoms with Gasteiger partial charge in [-0.25, -0.2) is 4.98 Å². The zero-order chi connectivity index (χ0) is 14.8. The highest BCUT2D eigenvalue weighted by Gasteiger charge is 2.31. The summed E-state index contributed by atoms with van der Waals surface area (Å²) in [7, 11) is 2.20. The molecule has 3 heterocycles. The van der Waals surface area contributed by atoms with Gasteiger partial charge in [0.1, 0.15) is 4.60 Å². The predicted molar refractivity (Wildman–Crippen MR) is 88.0 cm³/mol. The largest absolute Gasteiger partial charge is 0.289 e. The van der Waals surface area contributed by atoms with Crippen molar-refractivity contribution in [3.05, 3.63) is 58.1 Å². The lowest BCUT2D eigenvalue weighted by molar-refractivity contribution is 0.109. The molecule has 110 valence electrons. The van der Waals surface area contributed by atoms with E-state index in [0.29, 0.717) is 12.1 Å². The van der Waals surface area contributed by atoms with Crippen LogP contribution in [0.1, 0.15) is 48.3 Å². The molecule has 1 aliphatic heterocycles. The number of halogens is 1. The average Bonchev–Trinajstić information content (AvgIpc) is 2.48. The molecule has 21 heavy (non-hydrogen) atoms. The minimum atomic E-state index is 0.364. The smallest absolute Gasteiger partial charge is 0.106 e. The molecule has 3 nitrogen and oxygen atoms in total. The van der Waals surface area contributed by atoms with E-state index in [4.69, 9.17) is 0 Å². The van der Waals surface area contributed by atoms with Crippen molar-refractivity contribution in [2.45, 2.75) is 38.3 Å². The summed E-state index contributed by atoms with van der Waals surface area (Å²) in [5.74, 6) is 0. The Morgan fingerprint density at radius 3 is 2.71 bits per heavy atom. The van der Waals surface area contributed by atoms with Gasteiger partial charge in [0.25, 0.3) is 0 Å². The predicted octanol–water partition coefficient (Wildman–Crippen LogP) is 4.45. The molecule has 0 radical (unpaired) electrons. The first-order valence-electron chi connectivity index (χ1n) is 7.42. The third-order valence-electron chi connectivity index (χ3n) is 4.38. The molecular weight excluding hydrogens is 326 g/mol. The number of hydrogen-bond acceptors (Lipinski definition) is 3. The van der Waals surface area contributed by atoms with Crippen molar-refractivity contribution in [1.29, 1.82) is 0 Å². The van der Waals surface area contributed by atoms with Crippen LogP contribution in [0.25, 0.3) is 0 Å². The average molecular weight is 346 g/mol. The molecule has 2 aromatic heterocycles. The summed E-state index contributed by atoms with van der Waals surface area (Å²) < 4.78 is 0.907. The Morgan fingerprint density at radius 2 is 1.95 bits per heavy atom. The third-order valence-corrected chi connectivity index (χ3v) is 4.82. The van der Waals surface area contributed by atoms with Gasteiger partial charge in [-0.3, -0.25) is 9.88 Å². The van der Waals surface area contributed by atoms with Gasteiger partial charge in [0.15, 0.2) is 0 Å². The van der Waals surface area contributed by atoms with Crippen LogP contribution < -0.4 is 0 Å². The highest BCUT2D eigenvalue weighted by Crippen LogP contribution is 2.40. The van der Waals surface area contributed by atoms with Crippen molar-refractivity contribution in [1.82, 2.24) is 14.9 Å². The zero-order valence-corrected chi connectivity index (χ0v) is 14.0. The van der Waals surface area contributed by atoms with E-state index in [1.807, 2.05) is 18.3 Å².